The molecular formula is C32H36F3N7O2. The number of piperidine rings is 1. The zero-order valence-electron chi connectivity index (χ0n) is 24.6. The Bertz CT molecular complexity index is 1600. The Morgan fingerprint density at radius 3 is 2.50 bits per heavy atom. The van der Waals surface area contributed by atoms with Gasteiger partial charge < -0.3 is 19.9 Å². The van der Waals surface area contributed by atoms with Crippen LogP contribution in [0.5, 0.6) is 0 Å². The van der Waals surface area contributed by atoms with Crippen molar-refractivity contribution in [2.75, 3.05) is 23.3 Å². The van der Waals surface area contributed by atoms with Gasteiger partial charge in [0.1, 0.15) is 5.52 Å². The summed E-state index contributed by atoms with van der Waals surface area (Å²) in [5, 5.41) is 13.2. The third-order valence-electron chi connectivity index (χ3n) is 9.03. The fourth-order valence-electron chi connectivity index (χ4n) is 6.31. The Kier molecular flexibility index (Phi) is 8.42. The number of aromatic carboxylic acids is 1. The number of carboxylic acid groups (broad SMARTS) is 1. The second kappa shape index (κ2) is 12.4. The maximum Gasteiger partial charge on any atom is 0.416 e. The summed E-state index contributed by atoms with van der Waals surface area (Å²) < 4.78 is 41.9. The Balaban J connectivity index is 1.44. The van der Waals surface area contributed by atoms with Gasteiger partial charge in [-0.05, 0) is 67.3 Å². The van der Waals surface area contributed by atoms with Gasteiger partial charge in [-0.3, -0.25) is 4.98 Å². The van der Waals surface area contributed by atoms with Crippen molar-refractivity contribution in [2.45, 2.75) is 70.6 Å². The highest BCUT2D eigenvalue weighted by Gasteiger charge is 2.32. The van der Waals surface area contributed by atoms with Crippen LogP contribution in [0.4, 0.5) is 24.9 Å². The first-order chi connectivity index (χ1) is 21.2. The summed E-state index contributed by atoms with van der Waals surface area (Å²) >= 11 is 0. The molecule has 6 rings (SSSR count). The maximum atomic E-state index is 13.3. The summed E-state index contributed by atoms with van der Waals surface area (Å²) in [6.45, 7) is 3.70. The first-order valence-corrected chi connectivity index (χ1v) is 15.3. The number of nitrogens with zero attached hydrogens (tertiary/aromatic N) is 6. The molecular weight excluding hydrogens is 571 g/mol. The van der Waals surface area contributed by atoms with Gasteiger partial charge >= 0.3 is 12.1 Å². The number of anilines is 2. The zero-order chi connectivity index (χ0) is 30.8. The van der Waals surface area contributed by atoms with Crippen LogP contribution in [0.2, 0.25) is 0 Å². The quantitative estimate of drug-likeness (QED) is 0.199. The fourth-order valence-corrected chi connectivity index (χ4v) is 6.31. The lowest BCUT2D eigenvalue weighted by Gasteiger charge is -2.36. The van der Waals surface area contributed by atoms with E-state index in [2.05, 4.69) is 32.1 Å². The molecule has 0 radical (unpaired) electrons. The van der Waals surface area contributed by atoms with Gasteiger partial charge in [0.2, 0.25) is 11.8 Å². The van der Waals surface area contributed by atoms with E-state index in [4.69, 9.17) is 4.98 Å². The van der Waals surface area contributed by atoms with E-state index in [0.29, 0.717) is 47.8 Å². The highest BCUT2D eigenvalue weighted by Crippen LogP contribution is 2.38. The minimum atomic E-state index is -4.44. The fraction of sp³-hybridized carbons (Fsp3) is 0.469. The van der Waals surface area contributed by atoms with Crippen molar-refractivity contribution in [3.8, 4) is 0 Å². The molecule has 2 aliphatic rings. The van der Waals surface area contributed by atoms with Crippen molar-refractivity contribution in [1.29, 1.82) is 0 Å². The Morgan fingerprint density at radius 2 is 1.84 bits per heavy atom. The molecule has 2 unspecified atom stereocenters. The van der Waals surface area contributed by atoms with Crippen LogP contribution < -0.4 is 10.2 Å². The normalized spacial score (nSPS) is 18.3. The van der Waals surface area contributed by atoms with Crippen molar-refractivity contribution >= 4 is 28.9 Å². The summed E-state index contributed by atoms with van der Waals surface area (Å²) in [4.78, 5) is 32.4. The van der Waals surface area contributed by atoms with Gasteiger partial charge in [-0.1, -0.05) is 44.4 Å². The molecule has 2 atom stereocenters. The van der Waals surface area contributed by atoms with Crippen LogP contribution in [-0.4, -0.2) is 48.7 Å². The van der Waals surface area contributed by atoms with Crippen LogP contribution in [0.25, 0.3) is 11.2 Å². The molecule has 1 aromatic carbocycles. The SMILES string of the molecule is CC(CCNc1nc(C(=O)O)nc2nc(N3CCCCC3c3ccccn3)n(Cc3ccc(C(F)(F)F)cc3)c12)C1CCC1. The number of benzene rings is 1. The predicted octanol–water partition coefficient (Wildman–Crippen LogP) is 6.96. The number of carbonyl (C=O) groups is 1. The van der Waals surface area contributed by atoms with Gasteiger partial charge in [0.25, 0.3) is 0 Å². The van der Waals surface area contributed by atoms with Crippen molar-refractivity contribution < 1.29 is 23.1 Å². The highest BCUT2D eigenvalue weighted by molar-refractivity contribution is 5.91. The van der Waals surface area contributed by atoms with Crippen LogP contribution in [0.1, 0.15) is 85.4 Å². The monoisotopic (exact) mass is 607 g/mol. The number of alkyl halides is 3. The van der Waals surface area contributed by atoms with E-state index >= 15 is 0 Å². The number of imidazole rings is 1. The molecule has 0 bridgehead atoms. The van der Waals surface area contributed by atoms with Crippen molar-refractivity contribution in [3.05, 3.63) is 71.3 Å². The third-order valence-corrected chi connectivity index (χ3v) is 9.03. The molecule has 2 fully saturated rings. The molecule has 1 saturated heterocycles. The van der Waals surface area contributed by atoms with E-state index in [1.54, 1.807) is 6.20 Å². The van der Waals surface area contributed by atoms with Gasteiger partial charge in [0.05, 0.1) is 23.8 Å². The standard InChI is InChI=1S/C32H36F3N7O2/c1-20(22-7-6-8-22)15-17-37-27-26-28(39-29(38-27)30(43)44)40-31(41-18-5-3-10-25(41)24-9-2-4-16-36-24)42(26)19-21-11-13-23(14-12-21)32(33,34)35/h2,4,9,11-14,16,20,22,25H,3,5-8,10,15,17-19H2,1H3,(H,43,44)(H,37,38,39). The third kappa shape index (κ3) is 6.20. The molecule has 44 heavy (non-hydrogen) atoms. The summed E-state index contributed by atoms with van der Waals surface area (Å²) in [5.41, 5.74) is 1.55. The van der Waals surface area contributed by atoms with E-state index in [-0.39, 0.29) is 24.1 Å². The molecule has 4 aromatic rings. The number of hydrogen-bond donors (Lipinski definition) is 2. The lowest BCUT2D eigenvalue weighted by atomic mass is 9.75. The van der Waals surface area contributed by atoms with E-state index < -0.39 is 17.7 Å². The summed E-state index contributed by atoms with van der Waals surface area (Å²) in [6.07, 6.45) is 4.71. The number of rotatable bonds is 10. The Hall–Kier alpha value is -4.22. The number of fused-ring (bicyclic) bond motifs is 1. The first kappa shape index (κ1) is 29.8. The Morgan fingerprint density at radius 1 is 1.05 bits per heavy atom. The van der Waals surface area contributed by atoms with E-state index in [1.807, 2.05) is 22.8 Å². The minimum Gasteiger partial charge on any atom is -0.475 e. The molecule has 232 valence electrons. The largest absolute Gasteiger partial charge is 0.475 e. The number of hydrogen-bond acceptors (Lipinski definition) is 7. The van der Waals surface area contributed by atoms with Gasteiger partial charge in [0.15, 0.2) is 11.5 Å². The van der Waals surface area contributed by atoms with Gasteiger partial charge in [0, 0.05) is 19.3 Å². The number of pyridine rings is 1. The van der Waals surface area contributed by atoms with Crippen LogP contribution in [-0.2, 0) is 12.7 Å². The first-order valence-electron chi connectivity index (χ1n) is 15.3. The van der Waals surface area contributed by atoms with E-state index in [9.17, 15) is 23.1 Å². The van der Waals surface area contributed by atoms with Crippen LogP contribution >= 0.6 is 0 Å². The molecule has 4 heterocycles. The smallest absolute Gasteiger partial charge is 0.416 e. The van der Waals surface area contributed by atoms with E-state index in [1.165, 1.54) is 31.4 Å². The average Bonchev–Trinajstić information content (AvgIpc) is 3.34. The lowest BCUT2D eigenvalue weighted by molar-refractivity contribution is -0.137. The van der Waals surface area contributed by atoms with Crippen molar-refractivity contribution in [3.63, 3.8) is 0 Å². The van der Waals surface area contributed by atoms with E-state index in [0.717, 1.165) is 43.5 Å². The summed E-state index contributed by atoms with van der Waals surface area (Å²) in [5.74, 6) is 0.505. The molecule has 12 heteroatoms. The van der Waals surface area contributed by atoms with Crippen molar-refractivity contribution in [2.24, 2.45) is 11.8 Å². The highest BCUT2D eigenvalue weighted by atomic mass is 19.4. The minimum absolute atomic E-state index is 0.0836. The topological polar surface area (TPSA) is 109 Å². The second-order valence-electron chi connectivity index (χ2n) is 11.9. The molecule has 0 spiro atoms. The predicted molar refractivity (Wildman–Crippen MR) is 161 cm³/mol. The number of aromatic nitrogens is 5. The molecule has 1 saturated carbocycles. The molecule has 1 aliphatic carbocycles. The number of halogens is 3. The molecule has 0 amide bonds. The van der Waals surface area contributed by atoms with Gasteiger partial charge in [-0.25, -0.2) is 14.8 Å². The van der Waals surface area contributed by atoms with Crippen LogP contribution in [0, 0.1) is 11.8 Å². The summed E-state index contributed by atoms with van der Waals surface area (Å²) in [7, 11) is 0. The van der Waals surface area contributed by atoms with Crippen LogP contribution in [0.3, 0.4) is 0 Å². The number of nitrogens with one attached hydrogen (secondary N) is 1. The second-order valence-corrected chi connectivity index (χ2v) is 11.9. The maximum absolute atomic E-state index is 13.3. The lowest BCUT2D eigenvalue weighted by Crippen LogP contribution is -2.36. The molecule has 2 N–H and O–H groups in total. The molecule has 1 aliphatic heterocycles. The molecule has 3 aromatic heterocycles. The van der Waals surface area contributed by atoms with Crippen molar-refractivity contribution in [1.82, 2.24) is 24.5 Å². The van der Waals surface area contributed by atoms with Gasteiger partial charge in [-0.2, -0.15) is 18.2 Å². The average molecular weight is 608 g/mol. The zero-order valence-corrected chi connectivity index (χ0v) is 24.6. The van der Waals surface area contributed by atoms with Crippen LogP contribution in [0.15, 0.2) is 48.7 Å². The summed E-state index contributed by atoms with van der Waals surface area (Å²) in [6, 6.07) is 10.8. The number of carboxylic acids is 1. The van der Waals surface area contributed by atoms with Gasteiger partial charge in [-0.15, -0.1) is 0 Å². The Labute approximate surface area is 253 Å². The molecule has 9 nitrogen and oxygen atoms in total.